The van der Waals surface area contributed by atoms with Crippen LogP contribution in [-0.2, 0) is 0 Å². The van der Waals surface area contributed by atoms with Gasteiger partial charge in [0.1, 0.15) is 11.6 Å². The van der Waals surface area contributed by atoms with Crippen LogP contribution in [0.1, 0.15) is 25.3 Å². The van der Waals surface area contributed by atoms with E-state index in [4.69, 9.17) is 5.73 Å². The lowest BCUT2D eigenvalue weighted by Crippen LogP contribution is -1.88. The molecule has 0 aliphatic rings. The van der Waals surface area contributed by atoms with E-state index in [9.17, 15) is 5.11 Å². The standard InChI is InChI=1S/C12H15N3O/c1-7(2)8-3-4-9(11(16)5-8)10-6-12(13)15-14-10/h3-7,16H,1-2H3,(H3,13,14,15). The predicted octanol–water partition coefficient (Wildman–Crippen LogP) is 2.49. The van der Waals surface area contributed by atoms with E-state index >= 15 is 0 Å². The van der Waals surface area contributed by atoms with Gasteiger partial charge in [-0.15, -0.1) is 0 Å². The highest BCUT2D eigenvalue weighted by Gasteiger charge is 2.09. The maximum Gasteiger partial charge on any atom is 0.145 e. The Hall–Kier alpha value is -1.97. The Balaban J connectivity index is 2.44. The molecule has 4 nitrogen and oxygen atoms in total. The minimum Gasteiger partial charge on any atom is -0.507 e. The van der Waals surface area contributed by atoms with E-state index in [0.717, 1.165) is 11.3 Å². The summed E-state index contributed by atoms with van der Waals surface area (Å²) in [6, 6.07) is 7.34. The minimum atomic E-state index is 0.245. The van der Waals surface area contributed by atoms with Crippen LogP contribution in [0, 0.1) is 0 Å². The summed E-state index contributed by atoms with van der Waals surface area (Å²) in [5.74, 6) is 1.06. The molecule has 0 unspecified atom stereocenters. The number of phenols is 1. The molecule has 0 amide bonds. The lowest BCUT2D eigenvalue weighted by atomic mass is 10.00. The summed E-state index contributed by atoms with van der Waals surface area (Å²) < 4.78 is 0. The highest BCUT2D eigenvalue weighted by atomic mass is 16.3. The number of aromatic hydroxyl groups is 1. The molecule has 1 aromatic heterocycles. The summed E-state index contributed by atoms with van der Waals surface area (Å²) in [7, 11) is 0. The van der Waals surface area contributed by atoms with Crippen molar-refractivity contribution in [1.29, 1.82) is 0 Å². The molecule has 2 rings (SSSR count). The first-order valence-corrected chi connectivity index (χ1v) is 5.22. The first kappa shape index (κ1) is 10.5. The van der Waals surface area contributed by atoms with E-state index in [1.165, 1.54) is 0 Å². The van der Waals surface area contributed by atoms with Crippen LogP contribution in [0.15, 0.2) is 24.3 Å². The number of nitrogens with one attached hydrogen (secondary N) is 1. The van der Waals surface area contributed by atoms with Gasteiger partial charge in [0.15, 0.2) is 0 Å². The molecule has 0 saturated heterocycles. The van der Waals surface area contributed by atoms with Crippen LogP contribution < -0.4 is 5.73 Å². The lowest BCUT2D eigenvalue weighted by Gasteiger charge is -2.08. The number of anilines is 1. The van der Waals surface area contributed by atoms with Gasteiger partial charge in [0.2, 0.25) is 0 Å². The second-order valence-electron chi connectivity index (χ2n) is 4.14. The molecule has 1 aromatic carbocycles. The maximum absolute atomic E-state index is 9.91. The molecule has 0 saturated carbocycles. The molecular formula is C12H15N3O. The topological polar surface area (TPSA) is 74.9 Å². The second-order valence-corrected chi connectivity index (χ2v) is 4.14. The highest BCUT2D eigenvalue weighted by Crippen LogP contribution is 2.31. The Morgan fingerprint density at radius 3 is 2.56 bits per heavy atom. The molecule has 0 radical (unpaired) electrons. The fraction of sp³-hybridized carbons (Fsp3) is 0.250. The number of benzene rings is 1. The summed E-state index contributed by atoms with van der Waals surface area (Å²) in [6.45, 7) is 4.17. The van der Waals surface area contributed by atoms with Crippen molar-refractivity contribution in [3.63, 3.8) is 0 Å². The Morgan fingerprint density at radius 2 is 2.06 bits per heavy atom. The maximum atomic E-state index is 9.91. The van der Waals surface area contributed by atoms with Gasteiger partial charge in [0.25, 0.3) is 0 Å². The van der Waals surface area contributed by atoms with E-state index in [1.54, 1.807) is 12.1 Å². The van der Waals surface area contributed by atoms with Gasteiger partial charge in [-0.3, -0.25) is 5.10 Å². The number of H-pyrrole nitrogens is 1. The number of rotatable bonds is 2. The third-order valence-electron chi connectivity index (χ3n) is 2.58. The van der Waals surface area contributed by atoms with Crippen LogP contribution in [0.2, 0.25) is 0 Å². The Kier molecular flexibility index (Phi) is 2.56. The van der Waals surface area contributed by atoms with Gasteiger partial charge in [-0.1, -0.05) is 19.9 Å². The monoisotopic (exact) mass is 217 g/mol. The number of nitrogens with zero attached hydrogens (tertiary/aromatic N) is 1. The van der Waals surface area contributed by atoms with Crippen molar-refractivity contribution in [3.05, 3.63) is 29.8 Å². The van der Waals surface area contributed by atoms with Gasteiger partial charge in [0, 0.05) is 11.6 Å². The number of phenolic OH excluding ortho intramolecular Hbond substituents is 1. The molecule has 4 heteroatoms. The number of nitrogen functional groups attached to an aromatic ring is 1. The first-order chi connectivity index (χ1) is 7.58. The van der Waals surface area contributed by atoms with Crippen molar-refractivity contribution < 1.29 is 5.11 Å². The molecule has 2 aromatic rings. The zero-order valence-corrected chi connectivity index (χ0v) is 9.36. The Labute approximate surface area is 94.1 Å². The summed E-state index contributed by atoms with van der Waals surface area (Å²) in [4.78, 5) is 0. The molecule has 0 atom stereocenters. The average Bonchev–Trinajstić information content (AvgIpc) is 2.64. The van der Waals surface area contributed by atoms with Gasteiger partial charge < -0.3 is 10.8 Å². The zero-order valence-electron chi connectivity index (χ0n) is 9.36. The van der Waals surface area contributed by atoms with E-state index in [-0.39, 0.29) is 5.75 Å². The predicted molar refractivity (Wildman–Crippen MR) is 64.2 cm³/mol. The number of aromatic amines is 1. The summed E-state index contributed by atoms with van der Waals surface area (Å²) in [5.41, 5.74) is 8.07. The van der Waals surface area contributed by atoms with Crippen LogP contribution in [0.25, 0.3) is 11.3 Å². The molecule has 1 heterocycles. The van der Waals surface area contributed by atoms with Crippen molar-refractivity contribution >= 4 is 5.82 Å². The van der Waals surface area contributed by atoms with Gasteiger partial charge >= 0.3 is 0 Å². The third kappa shape index (κ3) is 1.86. The van der Waals surface area contributed by atoms with E-state index < -0.39 is 0 Å². The van der Waals surface area contributed by atoms with E-state index in [0.29, 0.717) is 17.3 Å². The molecule has 0 spiro atoms. The second kappa shape index (κ2) is 3.89. The van der Waals surface area contributed by atoms with E-state index in [1.807, 2.05) is 12.1 Å². The average molecular weight is 217 g/mol. The number of hydrogen-bond donors (Lipinski definition) is 3. The minimum absolute atomic E-state index is 0.245. The molecule has 0 aliphatic heterocycles. The largest absolute Gasteiger partial charge is 0.507 e. The van der Waals surface area contributed by atoms with Gasteiger partial charge in [-0.05, 0) is 23.6 Å². The lowest BCUT2D eigenvalue weighted by molar-refractivity contribution is 0.476. The number of nitrogens with two attached hydrogens (primary N) is 1. The molecule has 16 heavy (non-hydrogen) atoms. The normalized spacial score (nSPS) is 10.9. The number of hydrogen-bond acceptors (Lipinski definition) is 3. The third-order valence-corrected chi connectivity index (χ3v) is 2.58. The molecular weight excluding hydrogens is 202 g/mol. The molecule has 0 aliphatic carbocycles. The van der Waals surface area contributed by atoms with Crippen LogP contribution in [0.4, 0.5) is 5.82 Å². The van der Waals surface area contributed by atoms with Crippen molar-refractivity contribution in [2.75, 3.05) is 5.73 Å². The van der Waals surface area contributed by atoms with Crippen LogP contribution >= 0.6 is 0 Å². The van der Waals surface area contributed by atoms with Crippen LogP contribution in [0.3, 0.4) is 0 Å². The quantitative estimate of drug-likeness (QED) is 0.723. The van der Waals surface area contributed by atoms with Gasteiger partial charge in [0.05, 0.1) is 5.69 Å². The van der Waals surface area contributed by atoms with Crippen molar-refractivity contribution in [1.82, 2.24) is 10.2 Å². The smallest absolute Gasteiger partial charge is 0.145 e. The Morgan fingerprint density at radius 1 is 1.31 bits per heavy atom. The Bertz CT molecular complexity index is 503. The summed E-state index contributed by atoms with van der Waals surface area (Å²) >= 11 is 0. The van der Waals surface area contributed by atoms with E-state index in [2.05, 4.69) is 24.0 Å². The molecule has 0 fully saturated rings. The number of aromatic nitrogens is 2. The van der Waals surface area contributed by atoms with Crippen LogP contribution in [-0.4, -0.2) is 15.3 Å². The van der Waals surface area contributed by atoms with Crippen molar-refractivity contribution in [2.45, 2.75) is 19.8 Å². The fourth-order valence-electron chi connectivity index (χ4n) is 1.61. The zero-order chi connectivity index (χ0) is 11.7. The summed E-state index contributed by atoms with van der Waals surface area (Å²) in [5, 5.41) is 16.5. The molecule has 84 valence electrons. The fourth-order valence-corrected chi connectivity index (χ4v) is 1.61. The van der Waals surface area contributed by atoms with Crippen molar-refractivity contribution in [3.8, 4) is 17.0 Å². The van der Waals surface area contributed by atoms with Gasteiger partial charge in [-0.2, -0.15) is 5.10 Å². The van der Waals surface area contributed by atoms with Crippen molar-refractivity contribution in [2.24, 2.45) is 0 Å². The highest BCUT2D eigenvalue weighted by molar-refractivity contribution is 5.69. The van der Waals surface area contributed by atoms with Gasteiger partial charge in [-0.25, -0.2) is 0 Å². The molecule has 0 bridgehead atoms. The first-order valence-electron chi connectivity index (χ1n) is 5.22. The SMILES string of the molecule is CC(C)c1ccc(-c2cc(N)n[nH]2)c(O)c1. The van der Waals surface area contributed by atoms with Crippen LogP contribution in [0.5, 0.6) is 5.75 Å². The molecule has 4 N–H and O–H groups in total. The summed E-state index contributed by atoms with van der Waals surface area (Å²) in [6.07, 6.45) is 0.